The van der Waals surface area contributed by atoms with Crippen LogP contribution in [-0.2, 0) is 6.42 Å². The molecular weight excluding hydrogens is 214 g/mol. The molecule has 1 aromatic heterocycles. The maximum atomic E-state index is 4.06. The van der Waals surface area contributed by atoms with Crippen molar-refractivity contribution in [2.24, 2.45) is 0 Å². The van der Waals surface area contributed by atoms with E-state index in [1.54, 1.807) is 11.3 Å². The third-order valence-electron chi connectivity index (χ3n) is 1.82. The molecule has 14 heavy (non-hydrogen) atoms. The van der Waals surface area contributed by atoms with Gasteiger partial charge >= 0.3 is 0 Å². The zero-order valence-corrected chi connectivity index (χ0v) is 10.4. The molecule has 1 heterocycles. The van der Waals surface area contributed by atoms with Crippen molar-refractivity contribution in [2.45, 2.75) is 26.2 Å². The van der Waals surface area contributed by atoms with E-state index in [2.05, 4.69) is 28.7 Å². The third kappa shape index (κ3) is 4.28. The molecule has 0 bridgehead atoms. The first-order valence-corrected chi connectivity index (χ1v) is 7.13. The molecule has 5 heteroatoms. The summed E-state index contributed by atoms with van der Waals surface area (Å²) in [6, 6.07) is 0. The van der Waals surface area contributed by atoms with Gasteiger partial charge in [0.1, 0.15) is 5.01 Å². The van der Waals surface area contributed by atoms with E-state index in [-0.39, 0.29) is 0 Å². The number of aromatic nitrogens is 2. The van der Waals surface area contributed by atoms with Gasteiger partial charge in [0.25, 0.3) is 0 Å². The predicted molar refractivity (Wildman–Crippen MR) is 65.4 cm³/mol. The van der Waals surface area contributed by atoms with Crippen molar-refractivity contribution in [3.8, 4) is 0 Å². The van der Waals surface area contributed by atoms with E-state index in [0.29, 0.717) is 0 Å². The van der Waals surface area contributed by atoms with E-state index < -0.39 is 0 Å². The third-order valence-corrected chi connectivity index (χ3v) is 3.54. The van der Waals surface area contributed by atoms with Crippen LogP contribution < -0.4 is 5.32 Å². The van der Waals surface area contributed by atoms with Gasteiger partial charge in [0.15, 0.2) is 0 Å². The van der Waals surface area contributed by atoms with Crippen LogP contribution in [0.1, 0.15) is 24.8 Å². The van der Waals surface area contributed by atoms with Gasteiger partial charge in [-0.25, -0.2) is 0 Å². The summed E-state index contributed by atoms with van der Waals surface area (Å²) in [4.78, 5) is 0. The molecule has 1 rings (SSSR count). The highest BCUT2D eigenvalue weighted by atomic mass is 32.2. The van der Waals surface area contributed by atoms with Gasteiger partial charge in [-0.3, -0.25) is 0 Å². The van der Waals surface area contributed by atoms with Crippen LogP contribution in [0.4, 0.5) is 5.13 Å². The van der Waals surface area contributed by atoms with E-state index in [4.69, 9.17) is 0 Å². The maximum Gasteiger partial charge on any atom is 0.205 e. The number of thioether (sulfide) groups is 1. The average molecular weight is 231 g/mol. The van der Waals surface area contributed by atoms with Crippen LogP contribution in [0.15, 0.2) is 0 Å². The molecule has 0 spiro atoms. The SMILES string of the molecule is CCc1nnc(NCCCCSC)s1. The second-order valence-electron chi connectivity index (χ2n) is 2.98. The lowest BCUT2D eigenvalue weighted by Crippen LogP contribution is -2.01. The highest BCUT2D eigenvalue weighted by Gasteiger charge is 2.00. The highest BCUT2D eigenvalue weighted by Crippen LogP contribution is 2.15. The lowest BCUT2D eigenvalue weighted by Gasteiger charge is -2.00. The summed E-state index contributed by atoms with van der Waals surface area (Å²) in [6.07, 6.45) is 5.60. The number of anilines is 1. The number of unbranched alkanes of at least 4 members (excludes halogenated alkanes) is 1. The largest absolute Gasteiger partial charge is 0.360 e. The second kappa shape index (κ2) is 7.06. The molecule has 0 unspecified atom stereocenters. The van der Waals surface area contributed by atoms with Gasteiger partial charge in [-0.1, -0.05) is 18.3 Å². The minimum absolute atomic E-state index is 0.964. The molecule has 0 aliphatic rings. The van der Waals surface area contributed by atoms with Gasteiger partial charge in [0.05, 0.1) is 0 Å². The standard InChI is InChI=1S/C9H17N3S2/c1-3-8-11-12-9(14-8)10-6-4-5-7-13-2/h3-7H2,1-2H3,(H,10,12). The van der Waals surface area contributed by atoms with Crippen LogP contribution in [0.2, 0.25) is 0 Å². The zero-order chi connectivity index (χ0) is 10.2. The molecule has 0 fully saturated rings. The molecule has 1 aromatic rings. The van der Waals surface area contributed by atoms with Gasteiger partial charge in [-0.2, -0.15) is 11.8 Å². The molecule has 0 aromatic carbocycles. The van der Waals surface area contributed by atoms with Crippen molar-refractivity contribution in [3.05, 3.63) is 5.01 Å². The van der Waals surface area contributed by atoms with Crippen molar-refractivity contribution in [2.75, 3.05) is 23.9 Å². The van der Waals surface area contributed by atoms with Crippen LogP contribution in [-0.4, -0.2) is 28.8 Å². The fourth-order valence-electron chi connectivity index (χ4n) is 1.03. The summed E-state index contributed by atoms with van der Waals surface area (Å²) in [7, 11) is 0. The predicted octanol–water partition coefficient (Wildman–Crippen LogP) is 2.66. The molecule has 0 amide bonds. The van der Waals surface area contributed by atoms with E-state index in [1.807, 2.05) is 11.8 Å². The number of hydrogen-bond acceptors (Lipinski definition) is 5. The van der Waals surface area contributed by atoms with Crippen LogP contribution in [0.3, 0.4) is 0 Å². The molecule has 0 radical (unpaired) electrons. The first-order valence-electron chi connectivity index (χ1n) is 4.92. The lowest BCUT2D eigenvalue weighted by molar-refractivity contribution is 0.839. The summed E-state index contributed by atoms with van der Waals surface area (Å²) < 4.78 is 0. The van der Waals surface area contributed by atoms with Crippen molar-refractivity contribution in [1.82, 2.24) is 10.2 Å². The van der Waals surface area contributed by atoms with Gasteiger partial charge in [0, 0.05) is 6.54 Å². The molecule has 1 N–H and O–H groups in total. The molecular formula is C9H17N3S2. The Labute approximate surface area is 93.7 Å². The van der Waals surface area contributed by atoms with Crippen molar-refractivity contribution in [1.29, 1.82) is 0 Å². The molecule has 80 valence electrons. The molecule has 3 nitrogen and oxygen atoms in total. The topological polar surface area (TPSA) is 37.8 Å². The normalized spacial score (nSPS) is 10.4. The number of nitrogens with one attached hydrogen (secondary N) is 1. The molecule has 0 aliphatic carbocycles. The number of nitrogens with zero attached hydrogens (tertiary/aromatic N) is 2. The van der Waals surface area contributed by atoms with Gasteiger partial charge in [-0.15, -0.1) is 10.2 Å². The second-order valence-corrected chi connectivity index (χ2v) is 5.03. The maximum absolute atomic E-state index is 4.06. The molecule has 0 saturated heterocycles. The smallest absolute Gasteiger partial charge is 0.205 e. The fourth-order valence-corrected chi connectivity index (χ4v) is 2.23. The van der Waals surface area contributed by atoms with Crippen LogP contribution in [0, 0.1) is 0 Å². The zero-order valence-electron chi connectivity index (χ0n) is 8.75. The first kappa shape index (κ1) is 11.8. The fraction of sp³-hybridized carbons (Fsp3) is 0.778. The summed E-state index contributed by atoms with van der Waals surface area (Å²) in [6.45, 7) is 3.11. The lowest BCUT2D eigenvalue weighted by atomic mass is 10.3. The number of rotatable bonds is 7. The van der Waals surface area contributed by atoms with Crippen molar-refractivity contribution < 1.29 is 0 Å². The summed E-state index contributed by atoms with van der Waals surface area (Å²) in [5.74, 6) is 1.25. The quantitative estimate of drug-likeness (QED) is 0.732. The first-order chi connectivity index (χ1) is 6.86. The Kier molecular flexibility index (Phi) is 5.94. The van der Waals surface area contributed by atoms with Gasteiger partial charge in [-0.05, 0) is 31.3 Å². The minimum atomic E-state index is 0.964. The highest BCUT2D eigenvalue weighted by molar-refractivity contribution is 7.98. The van der Waals surface area contributed by atoms with Crippen molar-refractivity contribution in [3.63, 3.8) is 0 Å². The monoisotopic (exact) mass is 231 g/mol. The Morgan fingerprint density at radius 3 is 2.86 bits per heavy atom. The van der Waals surface area contributed by atoms with Crippen LogP contribution >= 0.6 is 23.1 Å². The number of aryl methyl sites for hydroxylation is 1. The Bertz CT molecular complexity index is 250. The van der Waals surface area contributed by atoms with E-state index in [0.717, 1.165) is 23.1 Å². The van der Waals surface area contributed by atoms with E-state index in [9.17, 15) is 0 Å². The summed E-state index contributed by atoms with van der Waals surface area (Å²) >= 11 is 3.56. The Balaban J connectivity index is 2.12. The summed E-state index contributed by atoms with van der Waals surface area (Å²) in [5, 5.41) is 13.5. The molecule has 0 saturated carbocycles. The van der Waals surface area contributed by atoms with E-state index >= 15 is 0 Å². The Morgan fingerprint density at radius 2 is 2.21 bits per heavy atom. The Morgan fingerprint density at radius 1 is 1.36 bits per heavy atom. The van der Waals surface area contributed by atoms with Crippen LogP contribution in [0.25, 0.3) is 0 Å². The Hall–Kier alpha value is -0.290. The van der Waals surface area contributed by atoms with Crippen molar-refractivity contribution >= 4 is 28.2 Å². The van der Waals surface area contributed by atoms with Crippen LogP contribution in [0.5, 0.6) is 0 Å². The van der Waals surface area contributed by atoms with E-state index in [1.165, 1.54) is 18.6 Å². The summed E-state index contributed by atoms with van der Waals surface area (Å²) in [5.41, 5.74) is 0. The minimum Gasteiger partial charge on any atom is -0.360 e. The van der Waals surface area contributed by atoms with Gasteiger partial charge < -0.3 is 5.32 Å². The molecule has 0 aliphatic heterocycles. The average Bonchev–Trinajstić information content (AvgIpc) is 2.65. The number of hydrogen-bond donors (Lipinski definition) is 1. The van der Waals surface area contributed by atoms with Gasteiger partial charge in [0.2, 0.25) is 5.13 Å². The molecule has 0 atom stereocenters.